The molecule has 8 nitrogen and oxygen atoms in total. The summed E-state index contributed by atoms with van der Waals surface area (Å²) in [5.41, 5.74) is 1.26. The van der Waals surface area contributed by atoms with Gasteiger partial charge in [-0.1, -0.05) is 49.3 Å². The normalized spacial score (nSPS) is 11.2. The number of nitrogens with zero attached hydrogens (tertiary/aromatic N) is 5. The molecule has 0 saturated heterocycles. The summed E-state index contributed by atoms with van der Waals surface area (Å²) in [4.78, 5) is 25.7. The van der Waals surface area contributed by atoms with E-state index in [9.17, 15) is 14.9 Å². The molecule has 10 heteroatoms. The van der Waals surface area contributed by atoms with E-state index in [0.29, 0.717) is 50.6 Å². The van der Waals surface area contributed by atoms with Gasteiger partial charge in [-0.2, -0.15) is 5.26 Å². The smallest absolute Gasteiger partial charge is 0.262 e. The number of aryl methyl sites for hydroxylation is 1. The molecule has 0 aliphatic heterocycles. The first-order chi connectivity index (χ1) is 15.9. The summed E-state index contributed by atoms with van der Waals surface area (Å²) in [5, 5.41) is 22.0. The Hall–Kier alpha value is -3.35. The molecule has 2 aromatic heterocycles. The van der Waals surface area contributed by atoms with Gasteiger partial charge < -0.3 is 5.32 Å². The van der Waals surface area contributed by atoms with Crippen LogP contribution in [0.4, 0.5) is 5.69 Å². The van der Waals surface area contributed by atoms with Crippen LogP contribution < -0.4 is 10.9 Å². The van der Waals surface area contributed by atoms with E-state index in [2.05, 4.69) is 29.4 Å². The maximum absolute atomic E-state index is 13.1. The van der Waals surface area contributed by atoms with Gasteiger partial charge in [-0.15, -0.1) is 10.2 Å². The Kier molecular flexibility index (Phi) is 6.67. The third-order valence-corrected chi connectivity index (χ3v) is 6.28. The van der Waals surface area contributed by atoms with E-state index in [1.807, 2.05) is 28.7 Å². The second-order valence-electron chi connectivity index (χ2n) is 7.91. The fourth-order valence-corrected chi connectivity index (χ4v) is 4.36. The van der Waals surface area contributed by atoms with Gasteiger partial charge in [-0.05, 0) is 42.7 Å². The lowest BCUT2D eigenvalue weighted by Gasteiger charge is -2.12. The summed E-state index contributed by atoms with van der Waals surface area (Å²) >= 11 is 7.20. The highest BCUT2D eigenvalue weighted by molar-refractivity contribution is 7.99. The minimum atomic E-state index is -0.312. The van der Waals surface area contributed by atoms with Crippen LogP contribution in [0, 0.1) is 17.2 Å². The summed E-state index contributed by atoms with van der Waals surface area (Å²) < 4.78 is 3.46. The van der Waals surface area contributed by atoms with Gasteiger partial charge in [0.25, 0.3) is 5.56 Å². The molecular formula is C23H21ClN6O2S. The largest absolute Gasteiger partial charge is 0.324 e. The highest BCUT2D eigenvalue weighted by Gasteiger charge is 2.18. The number of thioether (sulfide) groups is 1. The van der Waals surface area contributed by atoms with E-state index in [1.165, 1.54) is 17.8 Å². The third kappa shape index (κ3) is 4.72. The Morgan fingerprint density at radius 2 is 2.03 bits per heavy atom. The molecule has 0 unspecified atom stereocenters. The second-order valence-corrected chi connectivity index (χ2v) is 9.29. The molecule has 168 valence electrons. The number of carbonyl (C=O) groups excluding carboxylic acids is 1. The van der Waals surface area contributed by atoms with E-state index in [4.69, 9.17) is 11.6 Å². The number of rotatable bonds is 7. The summed E-state index contributed by atoms with van der Waals surface area (Å²) in [6, 6.07) is 14.0. The number of benzene rings is 2. The van der Waals surface area contributed by atoms with Gasteiger partial charge >= 0.3 is 0 Å². The summed E-state index contributed by atoms with van der Waals surface area (Å²) in [6.45, 7) is 4.73. The number of hydrogen-bond acceptors (Lipinski definition) is 6. The number of halogens is 1. The van der Waals surface area contributed by atoms with Gasteiger partial charge in [0.05, 0.1) is 27.9 Å². The van der Waals surface area contributed by atoms with Crippen LogP contribution >= 0.6 is 23.4 Å². The van der Waals surface area contributed by atoms with Gasteiger partial charge in [0.2, 0.25) is 11.7 Å². The molecule has 0 radical (unpaired) electrons. The monoisotopic (exact) mass is 480 g/mol. The van der Waals surface area contributed by atoms with E-state index in [0.717, 1.165) is 6.42 Å². The van der Waals surface area contributed by atoms with Crippen LogP contribution in [0.25, 0.3) is 16.7 Å². The van der Waals surface area contributed by atoms with Crippen molar-refractivity contribution in [1.82, 2.24) is 19.2 Å². The number of nitrogens with one attached hydrogen (secondary N) is 1. The lowest BCUT2D eigenvalue weighted by atomic mass is 10.1. The molecule has 1 amide bonds. The number of anilines is 1. The van der Waals surface area contributed by atoms with Crippen molar-refractivity contribution in [1.29, 1.82) is 5.26 Å². The Morgan fingerprint density at radius 1 is 1.24 bits per heavy atom. The standard InChI is InChI=1S/C23H21ClN6O2S/c1-14(2)9-10-29-21(32)17-5-3-4-6-19(17)30-22(29)27-28-23(30)33-13-20(31)26-18-11-16(24)8-7-15(18)12-25/h3-8,11,14H,9-10,13H2,1-2H3,(H,26,31). The fourth-order valence-electron chi connectivity index (χ4n) is 3.45. The minimum Gasteiger partial charge on any atom is -0.324 e. The summed E-state index contributed by atoms with van der Waals surface area (Å²) in [7, 11) is 0. The van der Waals surface area contributed by atoms with E-state index >= 15 is 0 Å². The number of para-hydroxylation sites is 1. The first kappa shape index (κ1) is 22.8. The molecule has 0 atom stereocenters. The quantitative estimate of drug-likeness (QED) is 0.394. The summed E-state index contributed by atoms with van der Waals surface area (Å²) in [6.07, 6.45) is 0.826. The lowest BCUT2D eigenvalue weighted by Crippen LogP contribution is -2.24. The second kappa shape index (κ2) is 9.65. The summed E-state index contributed by atoms with van der Waals surface area (Å²) in [5.74, 6) is 0.600. The SMILES string of the molecule is CC(C)CCn1c(=O)c2ccccc2n2c(SCC(=O)Nc3cc(Cl)ccc3C#N)nnc12. The van der Waals surface area contributed by atoms with Crippen molar-refractivity contribution >= 4 is 51.6 Å². The van der Waals surface area contributed by atoms with Crippen LogP contribution in [0.3, 0.4) is 0 Å². The van der Waals surface area contributed by atoms with Crippen molar-refractivity contribution in [2.45, 2.75) is 32.0 Å². The van der Waals surface area contributed by atoms with Crippen molar-refractivity contribution in [2.75, 3.05) is 11.1 Å². The molecule has 1 N–H and O–H groups in total. The van der Waals surface area contributed by atoms with Gasteiger partial charge in [0.15, 0.2) is 5.16 Å². The lowest BCUT2D eigenvalue weighted by molar-refractivity contribution is -0.113. The number of carbonyl (C=O) groups is 1. The first-order valence-electron chi connectivity index (χ1n) is 10.4. The number of nitriles is 1. The molecular weight excluding hydrogens is 460 g/mol. The Morgan fingerprint density at radius 3 is 2.79 bits per heavy atom. The van der Waals surface area contributed by atoms with Crippen molar-refractivity contribution < 1.29 is 4.79 Å². The van der Waals surface area contributed by atoms with Crippen LogP contribution in [0.5, 0.6) is 0 Å². The van der Waals surface area contributed by atoms with Gasteiger partial charge in [-0.25, -0.2) is 0 Å². The van der Waals surface area contributed by atoms with Crippen molar-refractivity contribution in [3.63, 3.8) is 0 Å². The van der Waals surface area contributed by atoms with Crippen LogP contribution in [0.2, 0.25) is 5.02 Å². The number of hydrogen-bond donors (Lipinski definition) is 1. The zero-order valence-electron chi connectivity index (χ0n) is 18.1. The average molecular weight is 481 g/mol. The molecule has 0 fully saturated rings. The minimum absolute atomic E-state index is 0.0393. The number of fused-ring (bicyclic) bond motifs is 3. The highest BCUT2D eigenvalue weighted by Crippen LogP contribution is 2.24. The van der Waals surface area contributed by atoms with Crippen LogP contribution in [0.1, 0.15) is 25.8 Å². The molecule has 4 rings (SSSR count). The predicted molar refractivity (Wildman–Crippen MR) is 130 cm³/mol. The topological polar surface area (TPSA) is 105 Å². The third-order valence-electron chi connectivity index (χ3n) is 5.12. The maximum Gasteiger partial charge on any atom is 0.262 e. The Bertz CT molecular complexity index is 1450. The molecule has 4 aromatic rings. The van der Waals surface area contributed by atoms with E-state index in [-0.39, 0.29) is 17.2 Å². The molecule has 0 aliphatic rings. The molecule has 2 heterocycles. The van der Waals surface area contributed by atoms with Crippen molar-refractivity contribution in [3.05, 3.63) is 63.4 Å². The van der Waals surface area contributed by atoms with Crippen molar-refractivity contribution in [3.8, 4) is 6.07 Å². The van der Waals surface area contributed by atoms with E-state index in [1.54, 1.807) is 22.8 Å². The van der Waals surface area contributed by atoms with Gasteiger partial charge in [0.1, 0.15) is 6.07 Å². The van der Waals surface area contributed by atoms with Gasteiger partial charge in [0, 0.05) is 11.6 Å². The number of aromatic nitrogens is 4. The molecule has 0 spiro atoms. The number of amides is 1. The highest BCUT2D eigenvalue weighted by atomic mass is 35.5. The molecule has 2 aromatic carbocycles. The molecule has 0 saturated carbocycles. The Balaban J connectivity index is 1.65. The van der Waals surface area contributed by atoms with Crippen LogP contribution in [-0.4, -0.2) is 30.8 Å². The maximum atomic E-state index is 13.1. The average Bonchev–Trinajstić information content (AvgIpc) is 3.21. The fraction of sp³-hybridized carbons (Fsp3) is 0.261. The molecule has 0 aliphatic carbocycles. The molecule has 0 bridgehead atoms. The van der Waals surface area contributed by atoms with Crippen LogP contribution in [0.15, 0.2) is 52.4 Å². The molecule has 33 heavy (non-hydrogen) atoms. The Labute approximate surface area is 199 Å². The zero-order valence-corrected chi connectivity index (χ0v) is 19.7. The van der Waals surface area contributed by atoms with Crippen molar-refractivity contribution in [2.24, 2.45) is 5.92 Å². The zero-order chi connectivity index (χ0) is 23.5. The van der Waals surface area contributed by atoms with Crippen LogP contribution in [-0.2, 0) is 11.3 Å². The predicted octanol–water partition coefficient (Wildman–Crippen LogP) is 4.35. The van der Waals surface area contributed by atoms with Gasteiger partial charge in [-0.3, -0.25) is 18.6 Å². The van der Waals surface area contributed by atoms with E-state index < -0.39 is 0 Å². The first-order valence-corrected chi connectivity index (χ1v) is 11.7.